The molecule has 0 radical (unpaired) electrons. The average Bonchev–Trinajstić information content (AvgIpc) is 2.39. The maximum atomic E-state index is 13.0. The molecule has 1 amide bonds. The van der Waals surface area contributed by atoms with Crippen LogP contribution >= 0.6 is 15.9 Å². The summed E-state index contributed by atoms with van der Waals surface area (Å²) >= 11 is 3.22. The third kappa shape index (κ3) is 3.76. The summed E-state index contributed by atoms with van der Waals surface area (Å²) in [6.07, 6.45) is 1.94. The Labute approximate surface area is 121 Å². The van der Waals surface area contributed by atoms with Gasteiger partial charge in [0.25, 0.3) is 5.91 Å². The van der Waals surface area contributed by atoms with Crippen LogP contribution in [0.2, 0.25) is 0 Å². The molecule has 0 aliphatic carbocycles. The first-order valence-electron chi connectivity index (χ1n) is 6.58. The molecule has 1 aliphatic heterocycles. The van der Waals surface area contributed by atoms with Gasteiger partial charge in [-0.3, -0.25) is 4.79 Å². The van der Waals surface area contributed by atoms with Crippen LogP contribution in [0.3, 0.4) is 0 Å². The minimum atomic E-state index is -0.348. The largest absolute Gasteiger partial charge is 0.349 e. The van der Waals surface area contributed by atoms with Crippen molar-refractivity contribution in [3.8, 4) is 0 Å². The number of nitrogens with zero attached hydrogens (tertiary/aromatic N) is 1. The van der Waals surface area contributed by atoms with Crippen molar-refractivity contribution in [1.82, 2.24) is 10.2 Å². The summed E-state index contributed by atoms with van der Waals surface area (Å²) in [6.45, 7) is 5.25. The van der Waals surface area contributed by atoms with Crippen molar-refractivity contribution >= 4 is 21.8 Å². The van der Waals surface area contributed by atoms with Crippen LogP contribution in [0.4, 0.5) is 4.39 Å². The molecule has 1 heterocycles. The van der Waals surface area contributed by atoms with E-state index in [1.165, 1.54) is 18.2 Å². The number of hydrogen-bond acceptors (Lipinski definition) is 2. The summed E-state index contributed by atoms with van der Waals surface area (Å²) in [4.78, 5) is 14.5. The lowest BCUT2D eigenvalue weighted by Crippen LogP contribution is -2.44. The number of halogens is 2. The molecule has 0 bridgehead atoms. The molecular formula is C14H18BrFN2O. The Bertz CT molecular complexity index is 459. The van der Waals surface area contributed by atoms with Gasteiger partial charge in [0.2, 0.25) is 0 Å². The van der Waals surface area contributed by atoms with Crippen LogP contribution in [0.5, 0.6) is 0 Å². The van der Waals surface area contributed by atoms with Crippen LogP contribution in [0.25, 0.3) is 0 Å². The fourth-order valence-corrected chi connectivity index (χ4v) is 2.86. The van der Waals surface area contributed by atoms with Crippen molar-refractivity contribution in [2.24, 2.45) is 0 Å². The monoisotopic (exact) mass is 328 g/mol. The maximum Gasteiger partial charge on any atom is 0.252 e. The summed E-state index contributed by atoms with van der Waals surface area (Å²) in [5.74, 6) is -0.485. The maximum absolute atomic E-state index is 13.0. The Hall–Kier alpha value is -0.940. The van der Waals surface area contributed by atoms with Crippen molar-refractivity contribution in [3.63, 3.8) is 0 Å². The van der Waals surface area contributed by atoms with Crippen LogP contribution in [0, 0.1) is 5.82 Å². The van der Waals surface area contributed by atoms with Gasteiger partial charge in [0.15, 0.2) is 0 Å². The van der Waals surface area contributed by atoms with Crippen LogP contribution in [0.1, 0.15) is 30.1 Å². The molecular weight excluding hydrogens is 311 g/mol. The number of amides is 1. The fourth-order valence-electron chi connectivity index (χ4n) is 2.33. The molecule has 104 valence electrons. The molecule has 0 aromatic heterocycles. The molecule has 0 unspecified atom stereocenters. The molecule has 0 atom stereocenters. The van der Waals surface area contributed by atoms with E-state index < -0.39 is 0 Å². The van der Waals surface area contributed by atoms with Crippen LogP contribution in [-0.4, -0.2) is 36.5 Å². The quantitative estimate of drug-likeness (QED) is 0.925. The van der Waals surface area contributed by atoms with Crippen molar-refractivity contribution in [2.45, 2.75) is 25.8 Å². The van der Waals surface area contributed by atoms with Crippen molar-refractivity contribution in [1.29, 1.82) is 0 Å². The zero-order valence-corrected chi connectivity index (χ0v) is 12.5. The first kappa shape index (κ1) is 14.5. The van der Waals surface area contributed by atoms with E-state index >= 15 is 0 Å². The van der Waals surface area contributed by atoms with E-state index in [1.807, 2.05) is 0 Å². The summed E-state index contributed by atoms with van der Waals surface area (Å²) in [7, 11) is 0. The SMILES string of the molecule is CCN1CCC(NC(=O)c2ccc(F)cc2Br)CC1. The lowest BCUT2D eigenvalue weighted by Gasteiger charge is -2.31. The summed E-state index contributed by atoms with van der Waals surface area (Å²) in [5, 5.41) is 3.02. The van der Waals surface area contributed by atoms with Crippen molar-refractivity contribution in [3.05, 3.63) is 34.1 Å². The second-order valence-corrected chi connectivity index (χ2v) is 5.66. The van der Waals surface area contributed by atoms with Gasteiger partial charge in [0.05, 0.1) is 5.56 Å². The van der Waals surface area contributed by atoms with Gasteiger partial charge in [-0.25, -0.2) is 4.39 Å². The second-order valence-electron chi connectivity index (χ2n) is 4.81. The lowest BCUT2D eigenvalue weighted by molar-refractivity contribution is 0.0912. The van der Waals surface area contributed by atoms with E-state index in [0.717, 1.165) is 32.5 Å². The van der Waals surface area contributed by atoms with E-state index in [0.29, 0.717) is 10.0 Å². The highest BCUT2D eigenvalue weighted by Crippen LogP contribution is 2.19. The molecule has 1 fully saturated rings. The smallest absolute Gasteiger partial charge is 0.252 e. The van der Waals surface area contributed by atoms with Crippen molar-refractivity contribution in [2.75, 3.05) is 19.6 Å². The van der Waals surface area contributed by atoms with E-state index in [4.69, 9.17) is 0 Å². The molecule has 1 aliphatic rings. The Morgan fingerprint density at radius 2 is 2.16 bits per heavy atom. The standard InChI is InChI=1S/C14H18BrFN2O/c1-2-18-7-5-11(6-8-18)17-14(19)12-4-3-10(16)9-13(12)15/h3-4,9,11H,2,5-8H2,1H3,(H,17,19). The van der Waals surface area contributed by atoms with E-state index in [-0.39, 0.29) is 17.8 Å². The van der Waals surface area contributed by atoms with E-state index in [2.05, 4.69) is 33.1 Å². The Balaban J connectivity index is 1.94. The van der Waals surface area contributed by atoms with Gasteiger partial charge in [0, 0.05) is 23.6 Å². The molecule has 0 spiro atoms. The van der Waals surface area contributed by atoms with E-state index in [1.54, 1.807) is 0 Å². The van der Waals surface area contributed by atoms with Gasteiger partial charge in [-0.15, -0.1) is 0 Å². The van der Waals surface area contributed by atoms with Crippen LogP contribution in [-0.2, 0) is 0 Å². The number of carbonyl (C=O) groups excluding carboxylic acids is 1. The Morgan fingerprint density at radius 1 is 1.47 bits per heavy atom. The summed E-state index contributed by atoms with van der Waals surface area (Å²) in [5.41, 5.74) is 0.485. The Kier molecular flexibility index (Phi) is 4.93. The van der Waals surface area contributed by atoms with Gasteiger partial charge in [-0.1, -0.05) is 6.92 Å². The minimum Gasteiger partial charge on any atom is -0.349 e. The third-order valence-electron chi connectivity index (χ3n) is 3.55. The number of likely N-dealkylation sites (tertiary alicyclic amines) is 1. The zero-order valence-electron chi connectivity index (χ0n) is 11.0. The summed E-state index contributed by atoms with van der Waals surface area (Å²) in [6, 6.07) is 4.34. The molecule has 1 aromatic carbocycles. The number of carbonyl (C=O) groups is 1. The fraction of sp³-hybridized carbons (Fsp3) is 0.500. The molecule has 2 rings (SSSR count). The Morgan fingerprint density at radius 3 is 2.74 bits per heavy atom. The number of rotatable bonds is 3. The first-order valence-corrected chi connectivity index (χ1v) is 7.37. The molecule has 0 saturated carbocycles. The number of piperidine rings is 1. The van der Waals surface area contributed by atoms with Crippen molar-refractivity contribution < 1.29 is 9.18 Å². The minimum absolute atomic E-state index is 0.137. The van der Waals surface area contributed by atoms with Gasteiger partial charge in [0.1, 0.15) is 5.82 Å². The summed E-state index contributed by atoms with van der Waals surface area (Å²) < 4.78 is 13.5. The van der Waals surface area contributed by atoms with E-state index in [9.17, 15) is 9.18 Å². The molecule has 3 nitrogen and oxygen atoms in total. The molecule has 19 heavy (non-hydrogen) atoms. The molecule has 1 aromatic rings. The van der Waals surface area contributed by atoms with Crippen LogP contribution in [0.15, 0.2) is 22.7 Å². The normalized spacial score (nSPS) is 17.4. The topological polar surface area (TPSA) is 32.3 Å². The highest BCUT2D eigenvalue weighted by molar-refractivity contribution is 9.10. The van der Waals surface area contributed by atoms with Gasteiger partial charge < -0.3 is 10.2 Å². The third-order valence-corrected chi connectivity index (χ3v) is 4.20. The first-order chi connectivity index (χ1) is 9.10. The molecule has 5 heteroatoms. The zero-order chi connectivity index (χ0) is 13.8. The highest BCUT2D eigenvalue weighted by Gasteiger charge is 2.21. The van der Waals surface area contributed by atoms with Gasteiger partial charge in [-0.05, 0) is 53.5 Å². The predicted molar refractivity (Wildman–Crippen MR) is 76.7 cm³/mol. The average molecular weight is 329 g/mol. The predicted octanol–water partition coefficient (Wildman–Crippen LogP) is 2.80. The van der Waals surface area contributed by atoms with Gasteiger partial charge in [-0.2, -0.15) is 0 Å². The van der Waals surface area contributed by atoms with Gasteiger partial charge >= 0.3 is 0 Å². The van der Waals surface area contributed by atoms with Crippen LogP contribution < -0.4 is 5.32 Å². The number of hydrogen-bond donors (Lipinski definition) is 1. The number of benzene rings is 1. The highest BCUT2D eigenvalue weighted by atomic mass is 79.9. The molecule has 1 N–H and O–H groups in total. The molecule has 1 saturated heterocycles. The lowest BCUT2D eigenvalue weighted by atomic mass is 10.0. The number of nitrogens with one attached hydrogen (secondary N) is 1. The second kappa shape index (κ2) is 6.48.